The van der Waals surface area contributed by atoms with Gasteiger partial charge < -0.3 is 19.4 Å². The van der Waals surface area contributed by atoms with Gasteiger partial charge in [0.25, 0.3) is 0 Å². The Morgan fingerprint density at radius 3 is 2.39 bits per heavy atom. The first-order chi connectivity index (χ1) is 18.1. The van der Waals surface area contributed by atoms with Gasteiger partial charge in [-0.25, -0.2) is 0 Å². The van der Waals surface area contributed by atoms with E-state index in [2.05, 4.69) is 25.7 Å². The van der Waals surface area contributed by atoms with Gasteiger partial charge in [-0.1, -0.05) is 12.1 Å². The number of furan rings is 1. The van der Waals surface area contributed by atoms with Gasteiger partial charge in [0, 0.05) is 24.5 Å². The van der Waals surface area contributed by atoms with Gasteiger partial charge in [-0.15, -0.1) is 10.2 Å². The number of tetrazole rings is 1. The second-order valence-electron chi connectivity index (χ2n) is 9.85. The molecule has 2 amide bonds. The van der Waals surface area contributed by atoms with E-state index in [-0.39, 0.29) is 30.7 Å². The number of aromatic nitrogens is 5. The van der Waals surface area contributed by atoms with Crippen LogP contribution in [-0.2, 0) is 22.7 Å². The molecule has 3 heterocycles. The molecule has 4 aromatic rings. The summed E-state index contributed by atoms with van der Waals surface area (Å²) >= 11 is 0. The molecule has 11 heteroatoms. The average molecular weight is 518 g/mol. The van der Waals surface area contributed by atoms with Crippen LogP contribution in [0.4, 0.5) is 0 Å². The maximum absolute atomic E-state index is 13.8. The van der Waals surface area contributed by atoms with E-state index >= 15 is 0 Å². The van der Waals surface area contributed by atoms with Crippen molar-refractivity contribution in [3.8, 4) is 17.3 Å². The van der Waals surface area contributed by atoms with Gasteiger partial charge in [-0.3, -0.25) is 14.6 Å². The second-order valence-corrected chi connectivity index (χ2v) is 9.85. The average Bonchev–Trinajstić information content (AvgIpc) is 3.52. The molecule has 0 fully saturated rings. The van der Waals surface area contributed by atoms with E-state index in [1.165, 1.54) is 9.70 Å². The Bertz CT molecular complexity index is 1370. The van der Waals surface area contributed by atoms with E-state index in [0.717, 1.165) is 5.56 Å². The highest BCUT2D eigenvalue weighted by Crippen LogP contribution is 2.26. The summed E-state index contributed by atoms with van der Waals surface area (Å²) in [5, 5.41) is 15.4. The Morgan fingerprint density at radius 2 is 1.79 bits per heavy atom. The van der Waals surface area contributed by atoms with Gasteiger partial charge in [0.2, 0.25) is 17.6 Å². The first-order valence-electron chi connectivity index (χ1n) is 12.1. The van der Waals surface area contributed by atoms with Crippen molar-refractivity contribution in [3.63, 3.8) is 0 Å². The SMILES string of the molecule is COc1ccc(CN(C(=O)Cn2nnc(-c3ccc(C)o3)n2)C(C(=O)NC(C)(C)C)c2ccncc2)cc1. The fraction of sp³-hybridized carbons (Fsp3) is 0.333. The van der Waals surface area contributed by atoms with Crippen molar-refractivity contribution in [2.75, 3.05) is 7.11 Å². The zero-order valence-corrected chi connectivity index (χ0v) is 22.1. The number of hydrogen-bond donors (Lipinski definition) is 1. The molecule has 0 aliphatic carbocycles. The molecule has 198 valence electrons. The molecule has 0 aliphatic heterocycles. The van der Waals surface area contributed by atoms with Gasteiger partial charge in [-0.2, -0.15) is 4.80 Å². The van der Waals surface area contributed by atoms with E-state index in [4.69, 9.17) is 9.15 Å². The number of nitrogens with one attached hydrogen (secondary N) is 1. The van der Waals surface area contributed by atoms with Crippen LogP contribution in [0.5, 0.6) is 5.75 Å². The summed E-state index contributed by atoms with van der Waals surface area (Å²) in [4.78, 5) is 34.2. The number of ether oxygens (including phenoxy) is 1. The number of aryl methyl sites for hydroxylation is 1. The Hall–Kier alpha value is -4.54. The topological polar surface area (TPSA) is 128 Å². The standard InChI is InChI=1S/C27H31N7O4/c1-18-6-11-22(38-18)25-30-32-34(31-25)17-23(35)33(16-19-7-9-21(37-5)10-8-19)24(20-12-14-28-15-13-20)26(36)29-27(2,3)4/h6-15,24H,16-17H2,1-5H3,(H,29,36). The van der Waals surface area contributed by atoms with Gasteiger partial charge in [-0.05, 0) is 80.4 Å². The van der Waals surface area contributed by atoms with Gasteiger partial charge in [0.05, 0.1) is 7.11 Å². The Labute approximate surface area is 220 Å². The molecule has 0 aliphatic rings. The highest BCUT2D eigenvalue weighted by atomic mass is 16.5. The molecule has 1 atom stereocenters. The van der Waals surface area contributed by atoms with Crippen LogP contribution < -0.4 is 10.1 Å². The number of hydrogen-bond acceptors (Lipinski definition) is 8. The van der Waals surface area contributed by atoms with Crippen LogP contribution in [-0.4, -0.2) is 54.6 Å². The van der Waals surface area contributed by atoms with Crippen molar-refractivity contribution >= 4 is 11.8 Å². The van der Waals surface area contributed by atoms with Crippen molar-refractivity contribution in [2.45, 2.75) is 52.4 Å². The second kappa shape index (κ2) is 11.2. The van der Waals surface area contributed by atoms with E-state index in [1.54, 1.807) is 43.8 Å². The van der Waals surface area contributed by atoms with Crippen LogP contribution in [0.25, 0.3) is 11.6 Å². The highest BCUT2D eigenvalue weighted by Gasteiger charge is 2.34. The lowest BCUT2D eigenvalue weighted by molar-refractivity contribution is -0.143. The molecule has 1 aromatic carbocycles. The van der Waals surface area contributed by atoms with Crippen molar-refractivity contribution in [1.29, 1.82) is 0 Å². The van der Waals surface area contributed by atoms with Crippen molar-refractivity contribution < 1.29 is 18.7 Å². The molecule has 1 unspecified atom stereocenters. The lowest BCUT2D eigenvalue weighted by Gasteiger charge is -2.33. The zero-order valence-electron chi connectivity index (χ0n) is 22.1. The number of methoxy groups -OCH3 is 1. The number of pyridine rings is 1. The third kappa shape index (κ3) is 6.61. The number of rotatable bonds is 9. The first kappa shape index (κ1) is 26.5. The number of carbonyl (C=O) groups is 2. The summed E-state index contributed by atoms with van der Waals surface area (Å²) in [5.41, 5.74) is 0.933. The highest BCUT2D eigenvalue weighted by molar-refractivity contribution is 5.89. The molecular weight excluding hydrogens is 486 g/mol. The van der Waals surface area contributed by atoms with Crippen LogP contribution in [0, 0.1) is 6.92 Å². The molecule has 0 bridgehead atoms. The molecule has 1 N–H and O–H groups in total. The van der Waals surface area contributed by atoms with Crippen LogP contribution in [0.1, 0.15) is 43.7 Å². The molecule has 38 heavy (non-hydrogen) atoms. The Morgan fingerprint density at radius 1 is 1.08 bits per heavy atom. The fourth-order valence-electron chi connectivity index (χ4n) is 3.88. The Kier molecular flexibility index (Phi) is 7.85. The third-order valence-electron chi connectivity index (χ3n) is 5.60. The molecule has 0 spiro atoms. The number of amides is 2. The van der Waals surface area contributed by atoms with Crippen molar-refractivity contribution in [1.82, 2.24) is 35.4 Å². The molecule has 3 aromatic heterocycles. The summed E-state index contributed by atoms with van der Waals surface area (Å²) in [6, 6.07) is 13.4. The van der Waals surface area contributed by atoms with Crippen LogP contribution >= 0.6 is 0 Å². The number of benzene rings is 1. The molecule has 0 radical (unpaired) electrons. The minimum atomic E-state index is -0.928. The largest absolute Gasteiger partial charge is 0.497 e. The summed E-state index contributed by atoms with van der Waals surface area (Å²) in [6.45, 7) is 7.42. The molecule has 0 saturated carbocycles. The number of carbonyl (C=O) groups excluding carboxylic acids is 2. The van der Waals surface area contributed by atoms with Crippen molar-refractivity contribution in [2.24, 2.45) is 0 Å². The normalized spacial score (nSPS) is 12.1. The lowest BCUT2D eigenvalue weighted by Crippen LogP contribution is -2.49. The minimum absolute atomic E-state index is 0.159. The maximum atomic E-state index is 13.8. The summed E-state index contributed by atoms with van der Waals surface area (Å²) in [6.07, 6.45) is 3.19. The van der Waals surface area contributed by atoms with E-state index in [0.29, 0.717) is 22.8 Å². The van der Waals surface area contributed by atoms with Crippen molar-refractivity contribution in [3.05, 3.63) is 77.8 Å². The van der Waals surface area contributed by atoms with Gasteiger partial charge in [0.1, 0.15) is 24.1 Å². The molecule has 0 saturated heterocycles. The van der Waals surface area contributed by atoms with E-state index < -0.39 is 11.6 Å². The molecular formula is C27H31N7O4. The maximum Gasteiger partial charge on any atom is 0.247 e. The quantitative estimate of drug-likeness (QED) is 0.358. The first-order valence-corrected chi connectivity index (χ1v) is 12.1. The van der Waals surface area contributed by atoms with E-state index in [1.807, 2.05) is 52.0 Å². The Balaban J connectivity index is 1.68. The summed E-state index contributed by atoms with van der Waals surface area (Å²) in [7, 11) is 1.59. The summed E-state index contributed by atoms with van der Waals surface area (Å²) < 4.78 is 10.8. The van der Waals surface area contributed by atoms with Crippen LogP contribution in [0.15, 0.2) is 65.3 Å². The lowest BCUT2D eigenvalue weighted by atomic mass is 10.0. The predicted octanol–water partition coefficient (Wildman–Crippen LogP) is 3.33. The monoisotopic (exact) mass is 517 g/mol. The fourth-order valence-corrected chi connectivity index (χ4v) is 3.88. The van der Waals surface area contributed by atoms with Gasteiger partial charge >= 0.3 is 0 Å². The molecule has 11 nitrogen and oxygen atoms in total. The number of nitrogens with zero attached hydrogens (tertiary/aromatic N) is 6. The van der Waals surface area contributed by atoms with Crippen LogP contribution in [0.3, 0.4) is 0 Å². The van der Waals surface area contributed by atoms with E-state index in [9.17, 15) is 9.59 Å². The third-order valence-corrected chi connectivity index (χ3v) is 5.60. The minimum Gasteiger partial charge on any atom is -0.497 e. The summed E-state index contributed by atoms with van der Waals surface area (Å²) in [5.74, 6) is 1.44. The predicted molar refractivity (Wildman–Crippen MR) is 139 cm³/mol. The van der Waals surface area contributed by atoms with Gasteiger partial charge in [0.15, 0.2) is 5.76 Å². The smallest absolute Gasteiger partial charge is 0.247 e. The van der Waals surface area contributed by atoms with Crippen LogP contribution in [0.2, 0.25) is 0 Å². The zero-order chi connectivity index (χ0) is 27.3. The molecule has 4 rings (SSSR count).